The summed E-state index contributed by atoms with van der Waals surface area (Å²) in [6.07, 6.45) is 7.20. The van der Waals surface area contributed by atoms with Crippen LogP contribution in [0, 0.1) is 0 Å². The molecule has 0 spiro atoms. The van der Waals surface area contributed by atoms with Gasteiger partial charge in [-0.15, -0.1) is 0 Å². The highest BCUT2D eigenvalue weighted by Gasteiger charge is 2.43. The summed E-state index contributed by atoms with van der Waals surface area (Å²) in [5.74, 6) is 0. The van der Waals surface area contributed by atoms with Crippen LogP contribution in [0.2, 0.25) is 0 Å². The number of aromatic nitrogens is 2. The van der Waals surface area contributed by atoms with E-state index < -0.39 is 0 Å². The third-order valence-electron chi connectivity index (χ3n) is 3.51. The molecule has 0 aromatic carbocycles. The summed E-state index contributed by atoms with van der Waals surface area (Å²) in [5, 5.41) is 4.24. The van der Waals surface area contributed by atoms with Crippen LogP contribution < -0.4 is 5.73 Å². The maximum atomic E-state index is 6.24. The van der Waals surface area contributed by atoms with Crippen molar-refractivity contribution in [2.75, 3.05) is 7.11 Å². The highest BCUT2D eigenvalue weighted by Crippen LogP contribution is 2.43. The van der Waals surface area contributed by atoms with Gasteiger partial charge >= 0.3 is 0 Å². The van der Waals surface area contributed by atoms with Gasteiger partial charge in [0.2, 0.25) is 0 Å². The Morgan fingerprint density at radius 2 is 2.40 bits per heavy atom. The molecule has 2 N–H and O–H groups in total. The Hall–Kier alpha value is -0.870. The van der Waals surface area contributed by atoms with Gasteiger partial charge in [0.05, 0.1) is 17.8 Å². The average Bonchev–Trinajstić information content (AvgIpc) is 2.64. The molecule has 0 bridgehead atoms. The molecule has 4 nitrogen and oxygen atoms in total. The fraction of sp³-hybridized carbons (Fsp3) is 0.727. The number of rotatable bonds is 4. The number of aryl methyl sites for hydroxylation is 1. The molecule has 2 rings (SSSR count). The van der Waals surface area contributed by atoms with Crippen molar-refractivity contribution >= 4 is 0 Å². The maximum absolute atomic E-state index is 6.24. The topological polar surface area (TPSA) is 53.1 Å². The minimum Gasteiger partial charge on any atom is -0.376 e. The molecule has 0 saturated heterocycles. The van der Waals surface area contributed by atoms with E-state index in [1.54, 1.807) is 7.11 Å². The highest BCUT2D eigenvalue weighted by atomic mass is 16.5. The summed E-state index contributed by atoms with van der Waals surface area (Å²) in [5.41, 5.74) is 7.18. The first kappa shape index (κ1) is 10.6. The van der Waals surface area contributed by atoms with E-state index in [1.165, 1.54) is 6.42 Å². The molecule has 1 aliphatic rings. The number of ether oxygens (including phenoxy) is 1. The zero-order chi connectivity index (χ0) is 10.9. The largest absolute Gasteiger partial charge is 0.376 e. The normalized spacial score (nSPS) is 21.0. The number of hydrogen-bond donors (Lipinski definition) is 1. The Balaban J connectivity index is 2.15. The van der Waals surface area contributed by atoms with Crippen LogP contribution in [0.5, 0.6) is 0 Å². The minimum absolute atomic E-state index is 0.0449. The number of nitrogens with zero attached hydrogens (tertiary/aromatic N) is 2. The van der Waals surface area contributed by atoms with Crippen LogP contribution in [-0.4, -0.2) is 22.5 Å². The van der Waals surface area contributed by atoms with Crippen molar-refractivity contribution in [3.05, 3.63) is 18.0 Å². The first-order valence-electron chi connectivity index (χ1n) is 5.55. The molecule has 1 fully saturated rings. The van der Waals surface area contributed by atoms with Gasteiger partial charge in [0, 0.05) is 25.4 Å². The van der Waals surface area contributed by atoms with Gasteiger partial charge in [-0.3, -0.25) is 4.68 Å². The fourth-order valence-corrected chi connectivity index (χ4v) is 2.18. The Labute approximate surface area is 90.4 Å². The molecule has 1 aromatic rings. The van der Waals surface area contributed by atoms with E-state index in [-0.39, 0.29) is 11.6 Å². The zero-order valence-electron chi connectivity index (χ0n) is 9.44. The molecule has 1 unspecified atom stereocenters. The first-order valence-corrected chi connectivity index (χ1v) is 5.55. The van der Waals surface area contributed by atoms with E-state index in [4.69, 9.17) is 10.5 Å². The van der Waals surface area contributed by atoms with Crippen molar-refractivity contribution in [3.63, 3.8) is 0 Å². The van der Waals surface area contributed by atoms with E-state index in [1.807, 2.05) is 17.1 Å². The van der Waals surface area contributed by atoms with E-state index >= 15 is 0 Å². The van der Waals surface area contributed by atoms with Crippen molar-refractivity contribution < 1.29 is 4.74 Å². The van der Waals surface area contributed by atoms with Crippen LogP contribution in [0.4, 0.5) is 0 Å². The third kappa shape index (κ3) is 1.68. The highest BCUT2D eigenvalue weighted by molar-refractivity contribution is 5.17. The van der Waals surface area contributed by atoms with Crippen LogP contribution in [0.3, 0.4) is 0 Å². The monoisotopic (exact) mass is 209 g/mol. The predicted molar refractivity (Wildman–Crippen MR) is 58.4 cm³/mol. The summed E-state index contributed by atoms with van der Waals surface area (Å²) in [4.78, 5) is 0. The lowest BCUT2D eigenvalue weighted by molar-refractivity contribution is -0.0911. The minimum atomic E-state index is -0.137. The lowest BCUT2D eigenvalue weighted by atomic mass is 9.73. The SMILES string of the molecule is CCn1cc(C(N)C2(OC)CCC2)cn1. The Kier molecular flexibility index (Phi) is 2.80. The summed E-state index contributed by atoms with van der Waals surface area (Å²) < 4.78 is 7.47. The first-order chi connectivity index (χ1) is 7.22. The summed E-state index contributed by atoms with van der Waals surface area (Å²) in [6.45, 7) is 2.95. The smallest absolute Gasteiger partial charge is 0.0871 e. The molecule has 4 heteroatoms. The van der Waals surface area contributed by atoms with Gasteiger partial charge < -0.3 is 10.5 Å². The second-order valence-corrected chi connectivity index (χ2v) is 4.23. The average molecular weight is 209 g/mol. The number of hydrogen-bond acceptors (Lipinski definition) is 3. The van der Waals surface area contributed by atoms with E-state index in [0.29, 0.717) is 0 Å². The van der Waals surface area contributed by atoms with Crippen LogP contribution in [0.15, 0.2) is 12.4 Å². The van der Waals surface area contributed by atoms with E-state index in [0.717, 1.165) is 24.9 Å². The molecule has 0 aliphatic heterocycles. The Bertz CT molecular complexity index is 325. The molecule has 1 saturated carbocycles. The van der Waals surface area contributed by atoms with Crippen molar-refractivity contribution in [3.8, 4) is 0 Å². The molecular weight excluding hydrogens is 190 g/mol. The standard InChI is InChI=1S/C11H19N3O/c1-3-14-8-9(7-13-14)10(12)11(15-2)5-4-6-11/h7-8,10H,3-6,12H2,1-2H3. The van der Waals surface area contributed by atoms with Gasteiger partial charge in [-0.05, 0) is 26.2 Å². The number of nitrogens with two attached hydrogens (primary N) is 1. The molecule has 84 valence electrons. The fourth-order valence-electron chi connectivity index (χ4n) is 2.18. The molecule has 0 radical (unpaired) electrons. The van der Waals surface area contributed by atoms with Gasteiger partial charge in [0.15, 0.2) is 0 Å². The third-order valence-corrected chi connectivity index (χ3v) is 3.51. The second-order valence-electron chi connectivity index (χ2n) is 4.23. The zero-order valence-corrected chi connectivity index (χ0v) is 9.44. The Morgan fingerprint density at radius 3 is 2.80 bits per heavy atom. The van der Waals surface area contributed by atoms with E-state index in [2.05, 4.69) is 12.0 Å². The van der Waals surface area contributed by atoms with Crippen molar-refractivity contribution in [1.82, 2.24) is 9.78 Å². The van der Waals surface area contributed by atoms with Gasteiger partial charge in [-0.1, -0.05) is 0 Å². The maximum Gasteiger partial charge on any atom is 0.0871 e. The van der Waals surface area contributed by atoms with Crippen LogP contribution >= 0.6 is 0 Å². The Morgan fingerprint density at radius 1 is 1.67 bits per heavy atom. The lowest BCUT2D eigenvalue weighted by Crippen LogP contribution is -2.48. The predicted octanol–water partition coefficient (Wildman–Crippen LogP) is 1.47. The molecule has 1 aromatic heterocycles. The molecule has 15 heavy (non-hydrogen) atoms. The molecule has 1 heterocycles. The van der Waals surface area contributed by atoms with Crippen LogP contribution in [0.25, 0.3) is 0 Å². The van der Waals surface area contributed by atoms with Gasteiger partial charge in [-0.25, -0.2) is 0 Å². The van der Waals surface area contributed by atoms with E-state index in [9.17, 15) is 0 Å². The molecule has 1 atom stereocenters. The van der Waals surface area contributed by atoms with Gasteiger partial charge in [0.1, 0.15) is 0 Å². The van der Waals surface area contributed by atoms with Gasteiger partial charge in [-0.2, -0.15) is 5.10 Å². The van der Waals surface area contributed by atoms with Crippen molar-refractivity contribution in [2.24, 2.45) is 5.73 Å². The van der Waals surface area contributed by atoms with Crippen LogP contribution in [0.1, 0.15) is 37.8 Å². The summed E-state index contributed by atoms with van der Waals surface area (Å²) in [6, 6.07) is -0.0449. The van der Waals surface area contributed by atoms with Crippen molar-refractivity contribution in [1.29, 1.82) is 0 Å². The lowest BCUT2D eigenvalue weighted by Gasteiger charge is -2.44. The molecular formula is C11H19N3O. The summed E-state index contributed by atoms with van der Waals surface area (Å²) >= 11 is 0. The quantitative estimate of drug-likeness (QED) is 0.817. The van der Waals surface area contributed by atoms with Crippen molar-refractivity contribution in [2.45, 2.75) is 44.4 Å². The second kappa shape index (κ2) is 3.94. The molecule has 0 amide bonds. The molecule has 1 aliphatic carbocycles. The summed E-state index contributed by atoms with van der Waals surface area (Å²) in [7, 11) is 1.75. The number of methoxy groups -OCH3 is 1. The van der Waals surface area contributed by atoms with Crippen LogP contribution in [-0.2, 0) is 11.3 Å². The van der Waals surface area contributed by atoms with Gasteiger partial charge in [0.25, 0.3) is 0 Å².